The van der Waals surface area contributed by atoms with Crippen LogP contribution in [0.2, 0.25) is 0 Å². The molecule has 5 nitrogen and oxygen atoms in total. The standard InChI is InChI=1S/C17H21F2N3O2S/c1-10-5-6-12(7-11(10)2)21-16-22(9-17(3,18)19)15(24)13(25-16)8-14(23)20-4/h5-7,13H,8-9H2,1-4H3,(H,20,23). The molecular weight excluding hydrogens is 348 g/mol. The number of carbonyl (C=O) groups is 2. The third kappa shape index (κ3) is 5.01. The molecule has 1 saturated heterocycles. The van der Waals surface area contributed by atoms with Crippen LogP contribution in [0.1, 0.15) is 24.5 Å². The highest BCUT2D eigenvalue weighted by molar-refractivity contribution is 8.15. The molecule has 1 heterocycles. The second-order valence-corrected chi connectivity index (χ2v) is 7.31. The zero-order valence-corrected chi connectivity index (χ0v) is 15.4. The lowest BCUT2D eigenvalue weighted by atomic mass is 10.1. The minimum absolute atomic E-state index is 0.0717. The highest BCUT2D eigenvalue weighted by atomic mass is 32.2. The van der Waals surface area contributed by atoms with Gasteiger partial charge in [0.2, 0.25) is 11.8 Å². The number of benzene rings is 1. The number of nitrogens with zero attached hydrogens (tertiary/aromatic N) is 2. The monoisotopic (exact) mass is 369 g/mol. The number of hydrogen-bond donors (Lipinski definition) is 1. The Labute approximate surface area is 149 Å². The van der Waals surface area contributed by atoms with Gasteiger partial charge in [0.05, 0.1) is 12.2 Å². The third-order valence-electron chi connectivity index (χ3n) is 3.82. The van der Waals surface area contributed by atoms with Gasteiger partial charge in [-0.1, -0.05) is 17.8 Å². The van der Waals surface area contributed by atoms with E-state index in [-0.39, 0.29) is 17.5 Å². The van der Waals surface area contributed by atoms with Crippen molar-refractivity contribution < 1.29 is 18.4 Å². The number of hydrogen-bond acceptors (Lipinski definition) is 4. The number of thioether (sulfide) groups is 1. The fourth-order valence-corrected chi connectivity index (χ4v) is 3.48. The molecule has 136 valence electrons. The maximum absolute atomic E-state index is 13.5. The molecule has 1 aromatic rings. The van der Waals surface area contributed by atoms with Gasteiger partial charge in [-0.05, 0) is 37.1 Å². The summed E-state index contributed by atoms with van der Waals surface area (Å²) in [6.45, 7) is 3.89. The molecular formula is C17H21F2N3O2S. The average Bonchev–Trinajstić information content (AvgIpc) is 2.78. The van der Waals surface area contributed by atoms with Crippen LogP contribution in [0.25, 0.3) is 0 Å². The van der Waals surface area contributed by atoms with Gasteiger partial charge in [0, 0.05) is 20.4 Å². The molecule has 1 unspecified atom stereocenters. The van der Waals surface area contributed by atoms with Gasteiger partial charge in [-0.2, -0.15) is 0 Å². The van der Waals surface area contributed by atoms with Crippen molar-refractivity contribution in [3.63, 3.8) is 0 Å². The molecule has 2 amide bonds. The van der Waals surface area contributed by atoms with Crippen LogP contribution >= 0.6 is 11.8 Å². The summed E-state index contributed by atoms with van der Waals surface area (Å²) >= 11 is 1.05. The van der Waals surface area contributed by atoms with E-state index < -0.39 is 23.6 Å². The number of rotatable bonds is 5. The number of halogens is 2. The first kappa shape index (κ1) is 19.4. The van der Waals surface area contributed by atoms with Crippen LogP contribution in [0.4, 0.5) is 14.5 Å². The Bertz CT molecular complexity index is 716. The van der Waals surface area contributed by atoms with E-state index in [9.17, 15) is 18.4 Å². The molecule has 0 radical (unpaired) electrons. The van der Waals surface area contributed by atoms with Gasteiger partial charge in [-0.25, -0.2) is 13.8 Å². The molecule has 1 fully saturated rings. The fourth-order valence-electron chi connectivity index (χ4n) is 2.32. The maximum Gasteiger partial charge on any atom is 0.263 e. The van der Waals surface area contributed by atoms with Crippen molar-refractivity contribution >= 4 is 34.4 Å². The van der Waals surface area contributed by atoms with Crippen molar-refractivity contribution in [2.75, 3.05) is 13.6 Å². The number of nitrogens with one attached hydrogen (secondary N) is 1. The second-order valence-electron chi connectivity index (χ2n) is 6.14. The molecule has 0 bridgehead atoms. The lowest BCUT2D eigenvalue weighted by Crippen LogP contribution is -2.40. The van der Waals surface area contributed by atoms with E-state index in [1.807, 2.05) is 26.0 Å². The summed E-state index contributed by atoms with van der Waals surface area (Å²) in [6.07, 6.45) is -0.0717. The largest absolute Gasteiger partial charge is 0.359 e. The minimum atomic E-state index is -3.05. The van der Waals surface area contributed by atoms with Gasteiger partial charge in [-0.3, -0.25) is 14.5 Å². The first-order valence-corrected chi connectivity index (χ1v) is 8.71. The van der Waals surface area contributed by atoms with Crippen molar-refractivity contribution in [3.8, 4) is 0 Å². The minimum Gasteiger partial charge on any atom is -0.359 e. The Morgan fingerprint density at radius 2 is 2.04 bits per heavy atom. The number of aliphatic imine (C=N–C) groups is 1. The van der Waals surface area contributed by atoms with Crippen LogP contribution in [0.15, 0.2) is 23.2 Å². The summed E-state index contributed by atoms with van der Waals surface area (Å²) in [7, 11) is 1.47. The van der Waals surface area contributed by atoms with Gasteiger partial charge < -0.3 is 5.32 Å². The molecule has 1 aliphatic heterocycles. The first-order valence-electron chi connectivity index (χ1n) is 7.83. The Hall–Kier alpha value is -1.96. The third-order valence-corrected chi connectivity index (χ3v) is 5.00. The van der Waals surface area contributed by atoms with Crippen LogP contribution in [-0.4, -0.2) is 46.6 Å². The molecule has 0 spiro atoms. The van der Waals surface area contributed by atoms with Gasteiger partial charge in [0.1, 0.15) is 5.25 Å². The normalized spacial score (nSPS) is 19.6. The van der Waals surface area contributed by atoms with Gasteiger partial charge in [0.15, 0.2) is 5.17 Å². The maximum atomic E-state index is 13.5. The quantitative estimate of drug-likeness (QED) is 0.868. The zero-order valence-electron chi connectivity index (χ0n) is 14.6. The lowest BCUT2D eigenvalue weighted by molar-refractivity contribution is -0.131. The molecule has 8 heteroatoms. The van der Waals surface area contributed by atoms with Crippen molar-refractivity contribution in [1.82, 2.24) is 10.2 Å². The molecule has 1 aliphatic rings. The molecule has 1 aromatic carbocycles. The highest BCUT2D eigenvalue weighted by Gasteiger charge is 2.42. The fraction of sp³-hybridized carbons (Fsp3) is 0.471. The van der Waals surface area contributed by atoms with Crippen LogP contribution < -0.4 is 5.32 Å². The number of aryl methyl sites for hydroxylation is 2. The van der Waals surface area contributed by atoms with E-state index in [0.29, 0.717) is 5.69 Å². The molecule has 0 aromatic heterocycles. The van der Waals surface area contributed by atoms with Crippen molar-refractivity contribution in [2.24, 2.45) is 4.99 Å². The molecule has 0 aliphatic carbocycles. The van der Waals surface area contributed by atoms with Crippen LogP contribution in [0, 0.1) is 13.8 Å². The molecule has 0 saturated carbocycles. The summed E-state index contributed by atoms with van der Waals surface area (Å²) in [5, 5.41) is 1.90. The van der Waals surface area contributed by atoms with Crippen molar-refractivity contribution in [1.29, 1.82) is 0 Å². The Morgan fingerprint density at radius 1 is 1.36 bits per heavy atom. The summed E-state index contributed by atoms with van der Waals surface area (Å²) in [5.74, 6) is -3.89. The average molecular weight is 369 g/mol. The van der Waals surface area contributed by atoms with Crippen LogP contribution in [0.5, 0.6) is 0 Å². The van der Waals surface area contributed by atoms with E-state index in [1.165, 1.54) is 7.05 Å². The van der Waals surface area contributed by atoms with Gasteiger partial charge in [-0.15, -0.1) is 0 Å². The van der Waals surface area contributed by atoms with E-state index in [2.05, 4.69) is 10.3 Å². The van der Waals surface area contributed by atoms with E-state index in [4.69, 9.17) is 0 Å². The second kappa shape index (κ2) is 7.51. The summed E-state index contributed by atoms with van der Waals surface area (Å²) in [5.41, 5.74) is 2.70. The Balaban J connectivity index is 2.33. The van der Waals surface area contributed by atoms with Gasteiger partial charge in [0.25, 0.3) is 5.92 Å². The number of alkyl halides is 2. The number of carbonyl (C=O) groups excluding carboxylic acids is 2. The lowest BCUT2D eigenvalue weighted by Gasteiger charge is -2.20. The predicted molar refractivity (Wildman–Crippen MR) is 95.4 cm³/mol. The molecule has 1 N–H and O–H groups in total. The smallest absolute Gasteiger partial charge is 0.263 e. The zero-order chi connectivity index (χ0) is 18.8. The Morgan fingerprint density at radius 3 is 2.60 bits per heavy atom. The highest BCUT2D eigenvalue weighted by Crippen LogP contribution is 2.33. The Kier molecular flexibility index (Phi) is 5.82. The number of amides is 2. The van der Waals surface area contributed by atoms with Gasteiger partial charge >= 0.3 is 0 Å². The molecule has 2 rings (SSSR count). The predicted octanol–water partition coefficient (Wildman–Crippen LogP) is 3.03. The van der Waals surface area contributed by atoms with E-state index in [1.54, 1.807) is 6.07 Å². The van der Waals surface area contributed by atoms with Crippen LogP contribution in [-0.2, 0) is 9.59 Å². The first-order chi connectivity index (χ1) is 11.6. The summed E-state index contributed by atoms with van der Waals surface area (Å²) < 4.78 is 27.0. The summed E-state index contributed by atoms with van der Waals surface area (Å²) in [4.78, 5) is 29.4. The summed E-state index contributed by atoms with van der Waals surface area (Å²) in [6, 6.07) is 5.49. The topological polar surface area (TPSA) is 61.8 Å². The number of amidine groups is 1. The molecule has 25 heavy (non-hydrogen) atoms. The van der Waals surface area contributed by atoms with Crippen molar-refractivity contribution in [2.45, 2.75) is 38.4 Å². The molecule has 1 atom stereocenters. The van der Waals surface area contributed by atoms with Crippen LogP contribution in [0.3, 0.4) is 0 Å². The van der Waals surface area contributed by atoms with E-state index >= 15 is 0 Å². The van der Waals surface area contributed by atoms with Crippen molar-refractivity contribution in [3.05, 3.63) is 29.3 Å². The SMILES string of the molecule is CNC(=O)CC1SC(=Nc2ccc(C)c(C)c2)N(CC(C)(F)F)C1=O. The van der Waals surface area contributed by atoms with E-state index in [0.717, 1.165) is 34.7 Å².